The van der Waals surface area contributed by atoms with Gasteiger partial charge in [-0.25, -0.2) is 4.79 Å². The number of urea groups is 1. The minimum Gasteiger partial charge on any atom is -0.484 e. The van der Waals surface area contributed by atoms with Crippen LogP contribution in [0.25, 0.3) is 0 Å². The molecule has 1 aromatic carbocycles. The molecule has 1 heterocycles. The molecule has 0 spiro atoms. The number of amides is 3. The summed E-state index contributed by atoms with van der Waals surface area (Å²) < 4.78 is 5.44. The number of rotatable bonds is 4. The molecule has 0 radical (unpaired) electrons. The lowest BCUT2D eigenvalue weighted by Gasteiger charge is -2.34. The summed E-state index contributed by atoms with van der Waals surface area (Å²) in [7, 11) is 0. The molecule has 0 aromatic heterocycles. The summed E-state index contributed by atoms with van der Waals surface area (Å²) in [4.78, 5) is 27.2. The third-order valence-corrected chi connectivity index (χ3v) is 4.24. The lowest BCUT2D eigenvalue weighted by atomic mass is 10.3. The second kappa shape index (κ2) is 8.26. The first-order valence-electron chi connectivity index (χ1n) is 7.39. The summed E-state index contributed by atoms with van der Waals surface area (Å²) in [6.45, 7) is 4.43. The van der Waals surface area contributed by atoms with Gasteiger partial charge in [0.25, 0.3) is 5.91 Å². The van der Waals surface area contributed by atoms with Crippen LogP contribution in [0.5, 0.6) is 5.75 Å². The second-order valence-electron chi connectivity index (χ2n) is 5.07. The Bertz CT molecular complexity index is 575. The molecule has 23 heavy (non-hydrogen) atoms. The minimum atomic E-state index is -0.119. The zero-order chi connectivity index (χ0) is 16.8. The van der Waals surface area contributed by atoms with E-state index in [0.29, 0.717) is 48.5 Å². The lowest BCUT2D eigenvalue weighted by molar-refractivity contribution is -0.134. The summed E-state index contributed by atoms with van der Waals surface area (Å²) in [5, 5.41) is 3.57. The van der Waals surface area contributed by atoms with E-state index < -0.39 is 0 Å². The Hall–Kier alpha value is -1.66. The van der Waals surface area contributed by atoms with Crippen LogP contribution in [0.4, 0.5) is 4.79 Å². The van der Waals surface area contributed by atoms with Crippen LogP contribution in [-0.2, 0) is 4.79 Å². The summed E-state index contributed by atoms with van der Waals surface area (Å²) in [5.41, 5.74) is 0. The monoisotopic (exact) mass is 359 g/mol. The first-order chi connectivity index (χ1) is 11.0. The molecule has 0 saturated carbocycles. The van der Waals surface area contributed by atoms with Crippen molar-refractivity contribution in [2.75, 3.05) is 39.3 Å². The zero-order valence-corrected chi connectivity index (χ0v) is 14.4. The predicted molar refractivity (Wildman–Crippen MR) is 89.2 cm³/mol. The standard InChI is InChI=1S/C15H19Cl2N3O3/c1-2-18-15(22)20-7-5-19(6-8-20)14(21)10-23-11-3-4-12(16)13(17)9-11/h3-4,9H,2,5-8,10H2,1H3,(H,18,22). The number of nitrogens with zero attached hydrogens (tertiary/aromatic N) is 2. The van der Waals surface area contributed by atoms with Crippen LogP contribution in [0.15, 0.2) is 18.2 Å². The van der Waals surface area contributed by atoms with Gasteiger partial charge in [0.2, 0.25) is 0 Å². The van der Waals surface area contributed by atoms with E-state index in [9.17, 15) is 9.59 Å². The molecule has 0 bridgehead atoms. The molecule has 3 amide bonds. The van der Waals surface area contributed by atoms with Crippen molar-refractivity contribution in [3.8, 4) is 5.75 Å². The molecule has 1 N–H and O–H groups in total. The van der Waals surface area contributed by atoms with Gasteiger partial charge in [0.05, 0.1) is 10.0 Å². The van der Waals surface area contributed by atoms with Crippen LogP contribution in [0.1, 0.15) is 6.92 Å². The van der Waals surface area contributed by atoms with Gasteiger partial charge in [0.1, 0.15) is 5.75 Å². The van der Waals surface area contributed by atoms with Crippen molar-refractivity contribution in [1.82, 2.24) is 15.1 Å². The maximum Gasteiger partial charge on any atom is 0.317 e. The van der Waals surface area contributed by atoms with E-state index in [4.69, 9.17) is 27.9 Å². The van der Waals surface area contributed by atoms with Crippen molar-refractivity contribution in [3.63, 3.8) is 0 Å². The Kier molecular flexibility index (Phi) is 6.36. The molecule has 0 aliphatic carbocycles. The van der Waals surface area contributed by atoms with Crippen molar-refractivity contribution in [1.29, 1.82) is 0 Å². The van der Waals surface area contributed by atoms with Crippen LogP contribution in [0, 0.1) is 0 Å². The van der Waals surface area contributed by atoms with E-state index in [1.54, 1.807) is 28.0 Å². The van der Waals surface area contributed by atoms with Crippen LogP contribution >= 0.6 is 23.2 Å². The van der Waals surface area contributed by atoms with E-state index in [-0.39, 0.29) is 18.5 Å². The number of ether oxygens (including phenoxy) is 1. The molecule has 1 aliphatic rings. The van der Waals surface area contributed by atoms with Gasteiger partial charge in [0, 0.05) is 38.8 Å². The van der Waals surface area contributed by atoms with Gasteiger partial charge in [-0.15, -0.1) is 0 Å². The fourth-order valence-electron chi connectivity index (χ4n) is 2.22. The van der Waals surface area contributed by atoms with E-state index >= 15 is 0 Å². The first-order valence-corrected chi connectivity index (χ1v) is 8.15. The fraction of sp³-hybridized carbons (Fsp3) is 0.467. The van der Waals surface area contributed by atoms with Gasteiger partial charge in [-0.05, 0) is 19.1 Å². The Balaban J connectivity index is 1.79. The Morgan fingerprint density at radius 2 is 1.78 bits per heavy atom. The van der Waals surface area contributed by atoms with Crippen molar-refractivity contribution in [3.05, 3.63) is 28.2 Å². The van der Waals surface area contributed by atoms with Gasteiger partial charge in [-0.2, -0.15) is 0 Å². The van der Waals surface area contributed by atoms with Crippen LogP contribution < -0.4 is 10.1 Å². The highest BCUT2D eigenvalue weighted by molar-refractivity contribution is 6.42. The van der Waals surface area contributed by atoms with Crippen LogP contribution in [0.2, 0.25) is 10.0 Å². The highest BCUT2D eigenvalue weighted by Crippen LogP contribution is 2.26. The van der Waals surface area contributed by atoms with E-state index in [1.165, 1.54) is 0 Å². The fourth-order valence-corrected chi connectivity index (χ4v) is 2.51. The smallest absolute Gasteiger partial charge is 0.317 e. The Morgan fingerprint density at radius 1 is 1.13 bits per heavy atom. The third kappa shape index (κ3) is 4.91. The van der Waals surface area contributed by atoms with Gasteiger partial charge < -0.3 is 19.9 Å². The van der Waals surface area contributed by atoms with Crippen LogP contribution in [-0.4, -0.2) is 61.1 Å². The number of carbonyl (C=O) groups excluding carboxylic acids is 2. The molecule has 1 saturated heterocycles. The lowest BCUT2D eigenvalue weighted by Crippen LogP contribution is -2.53. The van der Waals surface area contributed by atoms with Gasteiger partial charge in [-0.3, -0.25) is 4.79 Å². The number of halogens is 2. The Morgan fingerprint density at radius 3 is 2.39 bits per heavy atom. The molecule has 6 nitrogen and oxygen atoms in total. The summed E-state index contributed by atoms with van der Waals surface area (Å²) >= 11 is 11.7. The average molecular weight is 360 g/mol. The molecule has 0 atom stereocenters. The van der Waals surface area contributed by atoms with Gasteiger partial charge in [-0.1, -0.05) is 23.2 Å². The molecule has 1 aromatic rings. The highest BCUT2D eigenvalue weighted by Gasteiger charge is 2.23. The van der Waals surface area contributed by atoms with Crippen molar-refractivity contribution >= 4 is 35.1 Å². The van der Waals surface area contributed by atoms with Crippen LogP contribution in [0.3, 0.4) is 0 Å². The first kappa shape index (κ1) is 17.7. The largest absolute Gasteiger partial charge is 0.484 e. The maximum atomic E-state index is 12.1. The summed E-state index contributed by atoms with van der Waals surface area (Å²) in [6.07, 6.45) is 0. The SMILES string of the molecule is CCNC(=O)N1CCN(C(=O)COc2ccc(Cl)c(Cl)c2)CC1. The summed E-state index contributed by atoms with van der Waals surface area (Å²) in [5.74, 6) is 0.375. The molecule has 8 heteroatoms. The summed E-state index contributed by atoms with van der Waals surface area (Å²) in [6, 6.07) is 4.76. The molecule has 1 aliphatic heterocycles. The number of piperazine rings is 1. The zero-order valence-electron chi connectivity index (χ0n) is 12.8. The molecule has 0 unspecified atom stereocenters. The minimum absolute atomic E-state index is 0.0703. The quantitative estimate of drug-likeness (QED) is 0.896. The topological polar surface area (TPSA) is 61.9 Å². The van der Waals surface area contributed by atoms with Crippen molar-refractivity contribution in [2.24, 2.45) is 0 Å². The van der Waals surface area contributed by atoms with Crippen molar-refractivity contribution in [2.45, 2.75) is 6.92 Å². The molecular weight excluding hydrogens is 341 g/mol. The number of nitrogens with one attached hydrogen (secondary N) is 1. The molecule has 126 valence electrons. The second-order valence-corrected chi connectivity index (χ2v) is 5.88. The van der Waals surface area contributed by atoms with Gasteiger partial charge in [0.15, 0.2) is 6.61 Å². The number of hydrogen-bond acceptors (Lipinski definition) is 3. The third-order valence-electron chi connectivity index (χ3n) is 3.50. The molecule has 1 fully saturated rings. The normalized spacial score (nSPS) is 14.6. The Labute approximate surface area is 145 Å². The van der Waals surface area contributed by atoms with Crippen molar-refractivity contribution < 1.29 is 14.3 Å². The highest BCUT2D eigenvalue weighted by atomic mass is 35.5. The number of benzene rings is 1. The molecular formula is C15H19Cl2N3O3. The van der Waals surface area contributed by atoms with E-state index in [1.807, 2.05) is 6.92 Å². The van der Waals surface area contributed by atoms with E-state index in [2.05, 4.69) is 5.32 Å². The maximum absolute atomic E-state index is 12.1. The number of hydrogen-bond donors (Lipinski definition) is 1. The molecule has 2 rings (SSSR count). The number of carbonyl (C=O) groups is 2. The average Bonchev–Trinajstić information content (AvgIpc) is 2.56. The predicted octanol–water partition coefficient (Wildman–Crippen LogP) is 2.25. The van der Waals surface area contributed by atoms with E-state index in [0.717, 1.165) is 0 Å². The van der Waals surface area contributed by atoms with Gasteiger partial charge >= 0.3 is 6.03 Å².